The number of Topliss-reactive ketones (excluding diaryl/α,β-unsaturated/α-hetero) is 1. The van der Waals surface area contributed by atoms with Crippen molar-refractivity contribution in [3.05, 3.63) is 23.9 Å². The first kappa shape index (κ1) is 33.9. The van der Waals surface area contributed by atoms with Crippen molar-refractivity contribution in [2.45, 2.75) is 121 Å². The van der Waals surface area contributed by atoms with Crippen molar-refractivity contribution in [1.82, 2.24) is 20.2 Å². The molecule has 266 valence electrons. The third-order valence-corrected chi connectivity index (χ3v) is 12.0. The van der Waals surface area contributed by atoms with E-state index in [1.807, 2.05) is 6.92 Å². The number of hydrogen-bond acceptors (Lipinski definition) is 8. The molecule has 4 fully saturated rings. The Labute approximate surface area is 286 Å². The topological polar surface area (TPSA) is 120 Å². The van der Waals surface area contributed by atoms with Crippen molar-refractivity contribution in [1.29, 1.82) is 0 Å². The van der Waals surface area contributed by atoms with Gasteiger partial charge in [-0.25, -0.2) is 14.8 Å². The number of nitrogens with zero attached hydrogens (tertiary/aromatic N) is 3. The summed E-state index contributed by atoms with van der Waals surface area (Å²) < 4.78 is 50.3. The van der Waals surface area contributed by atoms with Gasteiger partial charge in [0.2, 0.25) is 11.8 Å². The normalized spacial score (nSPS) is 33.6. The molecule has 1 aromatic carbocycles. The number of alkyl halides is 2. The lowest BCUT2D eigenvalue weighted by atomic mass is 9.83. The molecular weight excluding hydrogens is 634 g/mol. The number of halogens is 2. The zero-order chi connectivity index (χ0) is 34.4. The van der Waals surface area contributed by atoms with Crippen LogP contribution in [0.4, 0.5) is 13.6 Å². The molecule has 7 rings (SSSR count). The molecule has 1 unspecified atom stereocenters. The van der Waals surface area contributed by atoms with E-state index in [4.69, 9.17) is 14.2 Å². The van der Waals surface area contributed by atoms with Gasteiger partial charge in [-0.2, -0.15) is 8.78 Å². The lowest BCUT2D eigenvalue weighted by Crippen LogP contribution is -2.55. The van der Waals surface area contributed by atoms with Crippen LogP contribution in [0.2, 0.25) is 0 Å². The highest BCUT2D eigenvalue weighted by Crippen LogP contribution is 2.58. The summed E-state index contributed by atoms with van der Waals surface area (Å²) in [7, 11) is 1.51. The number of aromatic nitrogens is 2. The Kier molecular flexibility index (Phi) is 9.43. The monoisotopic (exact) mass is 682 g/mol. The molecule has 1 saturated heterocycles. The van der Waals surface area contributed by atoms with E-state index in [-0.39, 0.29) is 48.5 Å². The number of carbonyl (C=O) groups excluding carboxylic acids is 3. The summed E-state index contributed by atoms with van der Waals surface area (Å²) in [6.07, 6.45) is 6.11. The molecule has 49 heavy (non-hydrogen) atoms. The lowest BCUT2D eigenvalue weighted by molar-refractivity contribution is -0.140. The van der Waals surface area contributed by atoms with Crippen molar-refractivity contribution in [2.75, 3.05) is 13.7 Å². The second-order valence-electron chi connectivity index (χ2n) is 15.0. The number of rotatable bonds is 4. The van der Waals surface area contributed by atoms with Gasteiger partial charge >= 0.3 is 6.09 Å². The fraction of sp³-hybridized carbons (Fsp3) is 0.703. The minimum atomic E-state index is -3.35. The molecule has 2 aliphatic heterocycles. The summed E-state index contributed by atoms with van der Waals surface area (Å²) in [5, 5.41) is 2.98. The zero-order valence-electron chi connectivity index (χ0n) is 28.7. The molecule has 8 atom stereocenters. The maximum Gasteiger partial charge on any atom is 0.408 e. The largest absolute Gasteiger partial charge is 0.497 e. The summed E-state index contributed by atoms with van der Waals surface area (Å²) in [5.74, 6) is -3.30. The third-order valence-electron chi connectivity index (χ3n) is 12.0. The molecular formula is C37H48F2N4O6. The van der Waals surface area contributed by atoms with Crippen LogP contribution in [-0.2, 0) is 20.2 Å². The van der Waals surface area contributed by atoms with Gasteiger partial charge in [0.15, 0.2) is 11.5 Å². The summed E-state index contributed by atoms with van der Waals surface area (Å²) in [6, 6.07) is 3.16. The van der Waals surface area contributed by atoms with Gasteiger partial charge in [-0.05, 0) is 87.7 Å². The summed E-state index contributed by atoms with van der Waals surface area (Å²) >= 11 is 0. The molecule has 12 heteroatoms. The Hall–Kier alpha value is -3.57. The van der Waals surface area contributed by atoms with Gasteiger partial charge in [-0.3, -0.25) is 9.59 Å². The van der Waals surface area contributed by atoms with E-state index >= 15 is 8.78 Å². The molecule has 2 amide bonds. The van der Waals surface area contributed by atoms with Gasteiger partial charge in [-0.1, -0.05) is 32.6 Å². The number of fused-ring (bicyclic) bond motifs is 7. The molecule has 2 bridgehead atoms. The molecule has 0 spiro atoms. The molecule has 10 nitrogen and oxygen atoms in total. The average molecular weight is 683 g/mol. The predicted octanol–water partition coefficient (Wildman–Crippen LogP) is 6.58. The molecule has 5 aliphatic rings. The molecule has 3 heterocycles. The number of methoxy groups -OCH3 is 1. The van der Waals surface area contributed by atoms with Crippen molar-refractivity contribution in [2.24, 2.45) is 29.6 Å². The van der Waals surface area contributed by atoms with Gasteiger partial charge in [-0.15, -0.1) is 0 Å². The van der Waals surface area contributed by atoms with Crippen molar-refractivity contribution in [3.8, 4) is 11.6 Å². The number of ether oxygens (including phenoxy) is 3. The standard InChI is InChI=1S/C37H48F2N4O6/c1-4-24-30-19-43(32(24)20(2)44)35(45)31(21-10-6-5-7-11-21)42-36(46)49-29-17-22-16-26(22)25(29)12-8-9-15-37(38,39)33-34(48-30)41-28-18-23(47-3)13-14-27(28)40-33/h13-14,18,21-22,24-26,29-32H,4-12,15-17,19H2,1-3H3,(H,42,46)/t22?,24-,25-,26+,29-,30+,31+,32-/m1/s1. The number of carbonyl (C=O) groups is 3. The Bertz CT molecular complexity index is 1580. The molecule has 3 saturated carbocycles. The lowest BCUT2D eigenvalue weighted by Gasteiger charge is -2.35. The van der Waals surface area contributed by atoms with E-state index in [1.165, 1.54) is 18.9 Å². The van der Waals surface area contributed by atoms with Crippen LogP contribution in [0.25, 0.3) is 11.0 Å². The van der Waals surface area contributed by atoms with Crippen LogP contribution in [-0.4, -0.2) is 70.6 Å². The quantitative estimate of drug-likeness (QED) is 0.384. The van der Waals surface area contributed by atoms with Gasteiger partial charge in [0.1, 0.15) is 24.0 Å². The number of nitrogens with one attached hydrogen (secondary N) is 1. The molecule has 0 radical (unpaired) electrons. The second-order valence-corrected chi connectivity index (χ2v) is 15.0. The highest BCUT2D eigenvalue weighted by Gasteiger charge is 2.55. The first-order chi connectivity index (χ1) is 23.6. The summed E-state index contributed by atoms with van der Waals surface area (Å²) in [5.41, 5.74) is 0.0880. The number of hydrogen-bond donors (Lipinski definition) is 1. The minimum absolute atomic E-state index is 0.0154. The van der Waals surface area contributed by atoms with E-state index in [0.29, 0.717) is 47.9 Å². The predicted molar refractivity (Wildman–Crippen MR) is 176 cm³/mol. The number of amides is 2. The summed E-state index contributed by atoms with van der Waals surface area (Å²) in [4.78, 5) is 51.9. The van der Waals surface area contributed by atoms with E-state index in [9.17, 15) is 14.4 Å². The van der Waals surface area contributed by atoms with Crippen LogP contribution in [0, 0.1) is 29.6 Å². The van der Waals surface area contributed by atoms with E-state index in [2.05, 4.69) is 15.3 Å². The fourth-order valence-corrected chi connectivity index (χ4v) is 9.37. The van der Waals surface area contributed by atoms with Gasteiger partial charge < -0.3 is 24.4 Å². The Morgan fingerprint density at radius 1 is 0.980 bits per heavy atom. The SMILES string of the molecule is CC[C@@H]1[C@@H]2CN(C(=O)[C@H](C3CCCCC3)NC(=O)O[C@@H]3CC4C[C@@H]4[C@H]3CCCCC(F)(F)c3nc4ccc(OC)cc4nc3O2)[C@@H]1C(C)=O. The van der Waals surface area contributed by atoms with Gasteiger partial charge in [0.25, 0.3) is 5.92 Å². The van der Waals surface area contributed by atoms with Crippen LogP contribution in [0.1, 0.15) is 96.6 Å². The van der Waals surface area contributed by atoms with Crippen molar-refractivity contribution < 1.29 is 37.4 Å². The van der Waals surface area contributed by atoms with Gasteiger partial charge in [0, 0.05) is 18.4 Å². The van der Waals surface area contributed by atoms with Crippen molar-refractivity contribution in [3.63, 3.8) is 0 Å². The van der Waals surface area contributed by atoms with Crippen molar-refractivity contribution >= 4 is 28.8 Å². The second kappa shape index (κ2) is 13.6. The first-order valence-electron chi connectivity index (χ1n) is 18.3. The Morgan fingerprint density at radius 2 is 1.76 bits per heavy atom. The van der Waals surface area contributed by atoms with Crippen LogP contribution >= 0.6 is 0 Å². The van der Waals surface area contributed by atoms with Crippen LogP contribution in [0.3, 0.4) is 0 Å². The number of alkyl carbamates (subject to hydrolysis) is 1. The van der Waals surface area contributed by atoms with Gasteiger partial charge in [0.05, 0.1) is 30.7 Å². The molecule has 2 aromatic rings. The highest BCUT2D eigenvalue weighted by atomic mass is 19.3. The number of benzene rings is 1. The zero-order valence-corrected chi connectivity index (χ0v) is 28.7. The maximum absolute atomic E-state index is 16.2. The Balaban J connectivity index is 1.29. The van der Waals surface area contributed by atoms with E-state index in [0.717, 1.165) is 44.9 Å². The molecule has 1 N–H and O–H groups in total. The van der Waals surface area contributed by atoms with E-state index < -0.39 is 48.2 Å². The Morgan fingerprint density at radius 3 is 2.49 bits per heavy atom. The fourth-order valence-electron chi connectivity index (χ4n) is 9.37. The van der Waals surface area contributed by atoms with E-state index in [1.54, 1.807) is 18.2 Å². The smallest absolute Gasteiger partial charge is 0.408 e. The van der Waals surface area contributed by atoms with Crippen LogP contribution < -0.4 is 14.8 Å². The van der Waals surface area contributed by atoms with Crippen LogP contribution in [0.15, 0.2) is 18.2 Å². The number of ketones is 1. The molecule has 3 aliphatic carbocycles. The minimum Gasteiger partial charge on any atom is -0.497 e. The third kappa shape index (κ3) is 6.68. The highest BCUT2D eigenvalue weighted by molar-refractivity contribution is 5.92. The molecule has 1 aromatic heterocycles. The summed E-state index contributed by atoms with van der Waals surface area (Å²) in [6.45, 7) is 3.32. The first-order valence-corrected chi connectivity index (χ1v) is 18.3. The maximum atomic E-state index is 16.2. The van der Waals surface area contributed by atoms with Crippen LogP contribution in [0.5, 0.6) is 11.6 Å². The average Bonchev–Trinajstić information content (AvgIpc) is 3.62.